The van der Waals surface area contributed by atoms with E-state index in [9.17, 15) is 4.79 Å². The molecular formula is C21H24N8OS. The number of fused-ring (bicyclic) bond motifs is 1. The number of aryl methyl sites for hydroxylation is 2. The number of amides is 1. The second kappa shape index (κ2) is 8.10. The first-order chi connectivity index (χ1) is 15.1. The summed E-state index contributed by atoms with van der Waals surface area (Å²) in [6, 6.07) is 2.16. The van der Waals surface area contributed by atoms with E-state index in [0.717, 1.165) is 47.6 Å². The zero-order valence-corrected chi connectivity index (χ0v) is 18.3. The third kappa shape index (κ3) is 4.02. The van der Waals surface area contributed by atoms with E-state index in [2.05, 4.69) is 30.1 Å². The Labute approximate surface area is 183 Å². The number of carbonyl (C=O) groups is 1. The number of hydrogen-bond acceptors (Lipinski definition) is 7. The van der Waals surface area contributed by atoms with Crippen LogP contribution in [0.4, 0.5) is 10.8 Å². The van der Waals surface area contributed by atoms with E-state index in [1.165, 1.54) is 18.0 Å². The zero-order valence-electron chi connectivity index (χ0n) is 17.5. The first kappa shape index (κ1) is 19.7. The third-order valence-corrected chi connectivity index (χ3v) is 6.33. The van der Waals surface area contributed by atoms with Crippen LogP contribution in [0, 0.1) is 6.92 Å². The van der Waals surface area contributed by atoms with Gasteiger partial charge in [0.2, 0.25) is 0 Å². The Morgan fingerprint density at radius 2 is 2.03 bits per heavy atom. The second-order valence-electron chi connectivity index (χ2n) is 7.98. The fourth-order valence-corrected chi connectivity index (χ4v) is 4.65. The molecule has 4 heterocycles. The van der Waals surface area contributed by atoms with E-state index in [-0.39, 0.29) is 11.9 Å². The molecule has 1 saturated carbocycles. The third-order valence-electron chi connectivity index (χ3n) is 5.54. The lowest BCUT2D eigenvalue weighted by Gasteiger charge is -2.22. The molecule has 0 bridgehead atoms. The fraction of sp³-hybridized carbons (Fsp3) is 0.381. The summed E-state index contributed by atoms with van der Waals surface area (Å²) in [7, 11) is 1.87. The average Bonchev–Trinajstić information content (AvgIpc) is 3.48. The summed E-state index contributed by atoms with van der Waals surface area (Å²) in [5.41, 5.74) is 3.68. The summed E-state index contributed by atoms with van der Waals surface area (Å²) in [6.45, 7) is 1.94. The van der Waals surface area contributed by atoms with Crippen LogP contribution in [0.1, 0.15) is 48.3 Å². The lowest BCUT2D eigenvalue weighted by Crippen LogP contribution is -2.36. The summed E-state index contributed by atoms with van der Waals surface area (Å²) in [6.07, 6.45) is 12.8. The Morgan fingerprint density at radius 1 is 1.19 bits per heavy atom. The molecule has 0 unspecified atom stereocenters. The van der Waals surface area contributed by atoms with Gasteiger partial charge in [-0.25, -0.2) is 9.97 Å². The van der Waals surface area contributed by atoms with Gasteiger partial charge < -0.3 is 10.6 Å². The van der Waals surface area contributed by atoms with E-state index in [1.807, 2.05) is 30.6 Å². The van der Waals surface area contributed by atoms with Crippen LogP contribution in [0.3, 0.4) is 0 Å². The number of nitrogens with one attached hydrogen (secondary N) is 2. The standard InChI is InChI=1S/C21H24N8OS/c1-13-8-18(31-27-13)26-19-20-22-10-17(14-9-23-28(2)11-14)29(20)12-16(25-19)21(30)24-15-6-4-3-5-7-15/h8-12,15H,3-7H2,1-2H3,(H,24,30)(H,25,26). The van der Waals surface area contributed by atoms with Gasteiger partial charge in [0.1, 0.15) is 10.7 Å². The van der Waals surface area contributed by atoms with E-state index in [0.29, 0.717) is 17.2 Å². The minimum absolute atomic E-state index is 0.164. The van der Waals surface area contributed by atoms with Crippen LogP contribution in [0.2, 0.25) is 0 Å². The summed E-state index contributed by atoms with van der Waals surface area (Å²) in [5, 5.41) is 11.6. The van der Waals surface area contributed by atoms with Gasteiger partial charge in [0.05, 0.1) is 23.8 Å². The molecular weight excluding hydrogens is 412 g/mol. The smallest absolute Gasteiger partial charge is 0.271 e. The van der Waals surface area contributed by atoms with E-state index < -0.39 is 0 Å². The molecule has 4 aromatic heterocycles. The van der Waals surface area contributed by atoms with Crippen molar-refractivity contribution in [2.45, 2.75) is 45.1 Å². The van der Waals surface area contributed by atoms with Crippen molar-refractivity contribution in [1.29, 1.82) is 0 Å². The van der Waals surface area contributed by atoms with E-state index >= 15 is 0 Å². The van der Waals surface area contributed by atoms with Crippen LogP contribution >= 0.6 is 11.5 Å². The first-order valence-electron chi connectivity index (χ1n) is 10.4. The number of imidazole rings is 1. The van der Waals surface area contributed by atoms with Crippen LogP contribution < -0.4 is 10.6 Å². The van der Waals surface area contributed by atoms with Crippen molar-refractivity contribution in [2.24, 2.45) is 7.05 Å². The molecule has 5 rings (SSSR count). The van der Waals surface area contributed by atoms with Gasteiger partial charge in [-0.05, 0) is 37.4 Å². The van der Waals surface area contributed by atoms with Crippen molar-refractivity contribution in [3.63, 3.8) is 0 Å². The molecule has 0 aromatic carbocycles. The molecule has 0 atom stereocenters. The maximum atomic E-state index is 13.1. The van der Waals surface area contributed by atoms with Crippen molar-refractivity contribution >= 4 is 33.9 Å². The Hall–Kier alpha value is -3.27. The highest BCUT2D eigenvalue weighted by Crippen LogP contribution is 2.28. The molecule has 1 aliphatic rings. The van der Waals surface area contributed by atoms with Gasteiger partial charge in [0.25, 0.3) is 5.91 Å². The normalized spacial score (nSPS) is 14.8. The summed E-state index contributed by atoms with van der Waals surface area (Å²) < 4.78 is 7.96. The van der Waals surface area contributed by atoms with E-state index in [4.69, 9.17) is 0 Å². The summed E-state index contributed by atoms with van der Waals surface area (Å²) in [4.78, 5) is 22.3. The minimum Gasteiger partial charge on any atom is -0.348 e. The molecule has 1 aliphatic carbocycles. The van der Waals surface area contributed by atoms with Crippen molar-refractivity contribution in [3.8, 4) is 11.3 Å². The molecule has 31 heavy (non-hydrogen) atoms. The number of nitrogens with zero attached hydrogens (tertiary/aromatic N) is 6. The van der Waals surface area contributed by atoms with Crippen molar-refractivity contribution in [1.82, 2.24) is 33.8 Å². The molecule has 10 heteroatoms. The maximum Gasteiger partial charge on any atom is 0.271 e. The number of rotatable bonds is 5. The predicted molar refractivity (Wildman–Crippen MR) is 120 cm³/mol. The molecule has 0 radical (unpaired) electrons. The molecule has 0 aliphatic heterocycles. The van der Waals surface area contributed by atoms with Crippen LogP contribution in [-0.4, -0.2) is 40.5 Å². The summed E-state index contributed by atoms with van der Waals surface area (Å²) >= 11 is 1.35. The van der Waals surface area contributed by atoms with Crippen molar-refractivity contribution in [3.05, 3.63) is 42.2 Å². The van der Waals surface area contributed by atoms with Crippen LogP contribution in [0.15, 0.2) is 30.9 Å². The van der Waals surface area contributed by atoms with Crippen molar-refractivity contribution in [2.75, 3.05) is 5.32 Å². The Morgan fingerprint density at radius 3 is 2.74 bits per heavy atom. The van der Waals surface area contributed by atoms with Crippen LogP contribution in [-0.2, 0) is 7.05 Å². The van der Waals surface area contributed by atoms with Crippen LogP contribution in [0.25, 0.3) is 16.9 Å². The highest BCUT2D eigenvalue weighted by atomic mass is 32.1. The van der Waals surface area contributed by atoms with Gasteiger partial charge >= 0.3 is 0 Å². The summed E-state index contributed by atoms with van der Waals surface area (Å²) in [5.74, 6) is 0.359. The molecule has 1 amide bonds. The highest BCUT2D eigenvalue weighted by Gasteiger charge is 2.21. The van der Waals surface area contributed by atoms with Gasteiger partial charge in [0, 0.05) is 31.0 Å². The Balaban J connectivity index is 1.56. The fourth-order valence-electron chi connectivity index (χ4n) is 3.99. The number of hydrogen-bond donors (Lipinski definition) is 2. The number of aromatic nitrogens is 6. The number of anilines is 2. The van der Waals surface area contributed by atoms with Crippen LogP contribution in [0.5, 0.6) is 0 Å². The topological polar surface area (TPSA) is 102 Å². The van der Waals surface area contributed by atoms with E-state index in [1.54, 1.807) is 23.3 Å². The highest BCUT2D eigenvalue weighted by molar-refractivity contribution is 7.10. The monoisotopic (exact) mass is 436 g/mol. The van der Waals surface area contributed by atoms with Gasteiger partial charge in [-0.1, -0.05) is 19.3 Å². The van der Waals surface area contributed by atoms with Gasteiger partial charge in [-0.2, -0.15) is 9.47 Å². The lowest BCUT2D eigenvalue weighted by molar-refractivity contribution is 0.0922. The molecule has 1 fully saturated rings. The Kier molecular flexibility index (Phi) is 5.14. The second-order valence-corrected chi connectivity index (χ2v) is 8.79. The quantitative estimate of drug-likeness (QED) is 0.495. The van der Waals surface area contributed by atoms with Crippen molar-refractivity contribution < 1.29 is 4.79 Å². The lowest BCUT2D eigenvalue weighted by atomic mass is 9.95. The minimum atomic E-state index is -0.164. The molecule has 160 valence electrons. The van der Waals surface area contributed by atoms with Gasteiger partial charge in [-0.15, -0.1) is 0 Å². The SMILES string of the molecule is Cc1cc(Nc2nc(C(=O)NC3CCCCC3)cn3c(-c4cnn(C)c4)cnc23)sn1. The molecule has 9 nitrogen and oxygen atoms in total. The van der Waals surface area contributed by atoms with Gasteiger partial charge in [-0.3, -0.25) is 13.9 Å². The largest absolute Gasteiger partial charge is 0.348 e. The molecule has 4 aromatic rings. The van der Waals surface area contributed by atoms with Gasteiger partial charge in [0.15, 0.2) is 11.5 Å². The maximum absolute atomic E-state index is 13.1. The predicted octanol–water partition coefficient (Wildman–Crippen LogP) is 3.70. The average molecular weight is 437 g/mol. The number of carbonyl (C=O) groups excluding carboxylic acids is 1. The Bertz CT molecular complexity index is 1230. The molecule has 2 N–H and O–H groups in total. The molecule has 0 spiro atoms. The zero-order chi connectivity index (χ0) is 21.4. The molecule has 0 saturated heterocycles. The first-order valence-corrected chi connectivity index (χ1v) is 11.2.